The largest absolute Gasteiger partial charge is 0.383 e. The minimum absolute atomic E-state index is 0.0835. The first kappa shape index (κ1) is 14.4. The number of nitro groups is 1. The summed E-state index contributed by atoms with van der Waals surface area (Å²) in [6.45, 7) is 2.02. The number of non-ortho nitro benzene ring substituents is 1. The van der Waals surface area contributed by atoms with Crippen molar-refractivity contribution < 1.29 is 9.66 Å². The van der Waals surface area contributed by atoms with Crippen LogP contribution in [0.3, 0.4) is 0 Å². The van der Waals surface area contributed by atoms with Crippen molar-refractivity contribution in [3.63, 3.8) is 0 Å². The first-order valence-electron chi connectivity index (χ1n) is 5.69. The van der Waals surface area contributed by atoms with Crippen molar-refractivity contribution in [2.75, 3.05) is 39.6 Å². The minimum Gasteiger partial charge on any atom is -0.383 e. The molecule has 0 saturated carbocycles. The molecular weight excluding hydrogens is 234 g/mol. The Kier molecular flexibility index (Phi) is 5.54. The second-order valence-corrected chi connectivity index (χ2v) is 4.26. The number of rotatable bonds is 7. The van der Waals surface area contributed by atoms with E-state index in [0.29, 0.717) is 6.61 Å². The van der Waals surface area contributed by atoms with Crippen molar-refractivity contribution in [2.24, 2.45) is 0 Å². The molecular formula is C12H19N3O3. The van der Waals surface area contributed by atoms with E-state index < -0.39 is 4.92 Å². The normalized spacial score (nSPS) is 10.7. The number of nitrogens with one attached hydrogen (secondary N) is 1. The van der Waals surface area contributed by atoms with Crippen LogP contribution < -0.4 is 5.32 Å². The van der Waals surface area contributed by atoms with Crippen LogP contribution in [0.25, 0.3) is 0 Å². The van der Waals surface area contributed by atoms with Gasteiger partial charge in [-0.05, 0) is 20.2 Å². The number of ether oxygens (including phenoxy) is 1. The number of hydrogen-bond acceptors (Lipinski definition) is 5. The van der Waals surface area contributed by atoms with E-state index >= 15 is 0 Å². The smallest absolute Gasteiger partial charge is 0.269 e. The number of nitrogens with zero attached hydrogens (tertiary/aromatic N) is 2. The maximum Gasteiger partial charge on any atom is 0.269 e. The summed E-state index contributed by atoms with van der Waals surface area (Å²) in [5, 5.41) is 14.0. The number of hydrogen-bond donors (Lipinski definition) is 1. The van der Waals surface area contributed by atoms with Gasteiger partial charge in [0.2, 0.25) is 0 Å². The molecule has 0 fully saturated rings. The standard InChI is InChI=1S/C12H19N3O3/c1-14(2)7-6-13-12-5-4-11(15(16)17)8-10(12)9-18-3/h4-5,8,13H,6-7,9H2,1-3H3. The molecule has 0 amide bonds. The van der Waals surface area contributed by atoms with E-state index in [1.54, 1.807) is 19.2 Å². The molecule has 1 rings (SSSR count). The molecule has 6 nitrogen and oxygen atoms in total. The zero-order valence-electron chi connectivity index (χ0n) is 11.0. The second-order valence-electron chi connectivity index (χ2n) is 4.26. The second kappa shape index (κ2) is 6.93. The monoisotopic (exact) mass is 253 g/mol. The zero-order chi connectivity index (χ0) is 13.5. The molecule has 0 saturated heterocycles. The molecule has 18 heavy (non-hydrogen) atoms. The maximum atomic E-state index is 10.7. The van der Waals surface area contributed by atoms with Crippen LogP contribution in [0.2, 0.25) is 0 Å². The minimum atomic E-state index is -0.400. The van der Waals surface area contributed by atoms with Gasteiger partial charge in [0.25, 0.3) is 5.69 Å². The Hall–Kier alpha value is -1.66. The van der Waals surface area contributed by atoms with E-state index in [9.17, 15) is 10.1 Å². The SMILES string of the molecule is COCc1cc([N+](=O)[O-])ccc1NCCN(C)C. The van der Waals surface area contributed by atoms with Gasteiger partial charge in [-0.2, -0.15) is 0 Å². The number of anilines is 1. The summed E-state index contributed by atoms with van der Waals surface area (Å²) in [7, 11) is 5.56. The van der Waals surface area contributed by atoms with E-state index in [0.717, 1.165) is 24.3 Å². The van der Waals surface area contributed by atoms with Crippen molar-refractivity contribution >= 4 is 11.4 Å². The number of likely N-dealkylation sites (N-methyl/N-ethyl adjacent to an activating group) is 1. The maximum absolute atomic E-state index is 10.7. The van der Waals surface area contributed by atoms with Crippen molar-refractivity contribution in [1.82, 2.24) is 4.90 Å². The number of nitro benzene ring substituents is 1. The van der Waals surface area contributed by atoms with E-state index in [2.05, 4.69) is 10.2 Å². The lowest BCUT2D eigenvalue weighted by molar-refractivity contribution is -0.384. The highest BCUT2D eigenvalue weighted by molar-refractivity contribution is 5.55. The van der Waals surface area contributed by atoms with Crippen LogP contribution in [0.4, 0.5) is 11.4 Å². The van der Waals surface area contributed by atoms with E-state index in [-0.39, 0.29) is 5.69 Å². The van der Waals surface area contributed by atoms with Gasteiger partial charge in [-0.25, -0.2) is 0 Å². The van der Waals surface area contributed by atoms with Crippen LogP contribution >= 0.6 is 0 Å². The van der Waals surface area contributed by atoms with Crippen molar-refractivity contribution in [3.05, 3.63) is 33.9 Å². The van der Waals surface area contributed by atoms with Gasteiger partial charge < -0.3 is 15.0 Å². The van der Waals surface area contributed by atoms with Gasteiger partial charge in [-0.15, -0.1) is 0 Å². The lowest BCUT2D eigenvalue weighted by Gasteiger charge is -2.14. The van der Waals surface area contributed by atoms with Gasteiger partial charge in [0.15, 0.2) is 0 Å². The Morgan fingerprint density at radius 1 is 1.44 bits per heavy atom. The zero-order valence-corrected chi connectivity index (χ0v) is 11.0. The molecule has 6 heteroatoms. The molecule has 0 heterocycles. The van der Waals surface area contributed by atoms with Crippen LogP contribution in [-0.4, -0.2) is 44.1 Å². The Labute approximate surface area is 107 Å². The van der Waals surface area contributed by atoms with E-state index in [1.165, 1.54) is 6.07 Å². The predicted molar refractivity (Wildman–Crippen MR) is 70.9 cm³/mol. The molecule has 0 unspecified atom stereocenters. The van der Waals surface area contributed by atoms with Crippen molar-refractivity contribution in [3.8, 4) is 0 Å². The molecule has 0 atom stereocenters. The molecule has 0 spiro atoms. The first-order chi connectivity index (χ1) is 8.54. The van der Waals surface area contributed by atoms with E-state index in [4.69, 9.17) is 4.74 Å². The Balaban J connectivity index is 2.79. The molecule has 0 radical (unpaired) electrons. The Bertz CT molecular complexity index is 408. The number of methoxy groups -OCH3 is 1. The van der Waals surface area contributed by atoms with Gasteiger partial charge in [0.1, 0.15) is 0 Å². The van der Waals surface area contributed by atoms with Gasteiger partial charge in [-0.3, -0.25) is 10.1 Å². The summed E-state index contributed by atoms with van der Waals surface area (Å²) >= 11 is 0. The molecule has 0 aliphatic heterocycles. The highest BCUT2D eigenvalue weighted by atomic mass is 16.6. The van der Waals surface area contributed by atoms with Gasteiger partial charge in [0.05, 0.1) is 11.5 Å². The Morgan fingerprint density at radius 3 is 2.72 bits per heavy atom. The van der Waals surface area contributed by atoms with Gasteiger partial charge in [0, 0.05) is 43.6 Å². The molecule has 1 aromatic carbocycles. The summed E-state index contributed by atoms with van der Waals surface area (Å²) in [6, 6.07) is 4.76. The van der Waals surface area contributed by atoms with Crippen LogP contribution in [0, 0.1) is 10.1 Å². The van der Waals surface area contributed by atoms with Crippen LogP contribution in [-0.2, 0) is 11.3 Å². The molecule has 0 aliphatic carbocycles. The van der Waals surface area contributed by atoms with Gasteiger partial charge in [-0.1, -0.05) is 0 Å². The summed E-state index contributed by atoms with van der Waals surface area (Å²) in [5.41, 5.74) is 1.76. The third kappa shape index (κ3) is 4.31. The topological polar surface area (TPSA) is 67.6 Å². The highest BCUT2D eigenvalue weighted by Crippen LogP contribution is 2.22. The molecule has 0 aromatic heterocycles. The highest BCUT2D eigenvalue weighted by Gasteiger charge is 2.10. The fraction of sp³-hybridized carbons (Fsp3) is 0.500. The third-order valence-electron chi connectivity index (χ3n) is 2.47. The van der Waals surface area contributed by atoms with Crippen LogP contribution in [0.15, 0.2) is 18.2 Å². The summed E-state index contributed by atoms with van der Waals surface area (Å²) in [5.74, 6) is 0. The number of benzene rings is 1. The fourth-order valence-corrected chi connectivity index (χ4v) is 1.56. The molecule has 0 aliphatic rings. The molecule has 1 aromatic rings. The Morgan fingerprint density at radius 2 is 2.17 bits per heavy atom. The molecule has 100 valence electrons. The van der Waals surface area contributed by atoms with Crippen molar-refractivity contribution in [1.29, 1.82) is 0 Å². The average Bonchev–Trinajstić information content (AvgIpc) is 2.30. The summed E-state index contributed by atoms with van der Waals surface area (Å²) in [6.07, 6.45) is 0. The van der Waals surface area contributed by atoms with Crippen LogP contribution in [0.5, 0.6) is 0 Å². The molecule has 1 N–H and O–H groups in total. The molecule has 0 bridgehead atoms. The predicted octanol–water partition coefficient (Wildman–Crippen LogP) is 1.71. The average molecular weight is 253 g/mol. The summed E-state index contributed by atoms with van der Waals surface area (Å²) in [4.78, 5) is 12.4. The third-order valence-corrected chi connectivity index (χ3v) is 2.47. The lowest BCUT2D eigenvalue weighted by Crippen LogP contribution is -2.21. The van der Waals surface area contributed by atoms with Crippen molar-refractivity contribution in [2.45, 2.75) is 6.61 Å². The van der Waals surface area contributed by atoms with Gasteiger partial charge >= 0.3 is 0 Å². The van der Waals surface area contributed by atoms with Crippen LogP contribution in [0.1, 0.15) is 5.56 Å². The summed E-state index contributed by atoms with van der Waals surface area (Å²) < 4.78 is 5.06. The lowest BCUT2D eigenvalue weighted by atomic mass is 10.1. The quantitative estimate of drug-likeness (QED) is 0.592. The fourth-order valence-electron chi connectivity index (χ4n) is 1.56. The first-order valence-corrected chi connectivity index (χ1v) is 5.69. The van der Waals surface area contributed by atoms with E-state index in [1.807, 2.05) is 14.1 Å².